The molecule has 1 aliphatic rings. The zero-order chi connectivity index (χ0) is 13.1. The van der Waals surface area contributed by atoms with Crippen molar-refractivity contribution in [2.45, 2.75) is 19.3 Å². The van der Waals surface area contributed by atoms with Crippen LogP contribution in [0.5, 0.6) is 5.75 Å². The maximum Gasteiger partial charge on any atom is 0.163 e. The molecule has 0 bridgehead atoms. The molecule has 3 heterocycles. The standard InChI is InChI=1S/C15H19N3O/c1-19-14-9-12(5-4-11-6-8-16-10-11)18-15-13(14)3-2-7-17-15/h2-3,7,9,11,16H,4-6,8,10H2,1H3. The number of ether oxygens (including phenoxy) is 1. The molecule has 0 radical (unpaired) electrons. The van der Waals surface area contributed by atoms with E-state index >= 15 is 0 Å². The fourth-order valence-corrected chi connectivity index (χ4v) is 2.69. The third kappa shape index (κ3) is 2.68. The average Bonchev–Trinajstić information content (AvgIpc) is 2.97. The van der Waals surface area contributed by atoms with Crippen molar-refractivity contribution >= 4 is 11.0 Å². The normalized spacial score (nSPS) is 18.9. The van der Waals surface area contributed by atoms with Crippen LogP contribution in [0.4, 0.5) is 0 Å². The minimum Gasteiger partial charge on any atom is -0.496 e. The fourth-order valence-electron chi connectivity index (χ4n) is 2.69. The van der Waals surface area contributed by atoms with E-state index in [-0.39, 0.29) is 0 Å². The van der Waals surface area contributed by atoms with Crippen molar-refractivity contribution in [3.8, 4) is 5.75 Å². The molecule has 4 nitrogen and oxygen atoms in total. The van der Waals surface area contributed by atoms with Gasteiger partial charge in [0.05, 0.1) is 12.5 Å². The molecule has 2 aromatic rings. The first-order valence-electron chi connectivity index (χ1n) is 6.86. The molecule has 1 fully saturated rings. The van der Waals surface area contributed by atoms with E-state index in [1.54, 1.807) is 13.3 Å². The summed E-state index contributed by atoms with van der Waals surface area (Å²) >= 11 is 0. The highest BCUT2D eigenvalue weighted by molar-refractivity contribution is 5.81. The third-order valence-electron chi connectivity index (χ3n) is 3.79. The molecule has 0 saturated carbocycles. The molecule has 0 aromatic carbocycles. The van der Waals surface area contributed by atoms with E-state index in [9.17, 15) is 0 Å². The van der Waals surface area contributed by atoms with E-state index < -0.39 is 0 Å². The molecule has 1 N–H and O–H groups in total. The second kappa shape index (κ2) is 5.53. The van der Waals surface area contributed by atoms with Crippen LogP contribution in [0.1, 0.15) is 18.5 Å². The smallest absolute Gasteiger partial charge is 0.163 e. The average molecular weight is 257 g/mol. The van der Waals surface area contributed by atoms with Crippen molar-refractivity contribution in [3.63, 3.8) is 0 Å². The Morgan fingerprint density at radius 3 is 3.21 bits per heavy atom. The molecule has 4 heteroatoms. The predicted octanol–water partition coefficient (Wildman–Crippen LogP) is 2.18. The van der Waals surface area contributed by atoms with Gasteiger partial charge in [-0.05, 0) is 50.4 Å². The van der Waals surface area contributed by atoms with E-state index in [1.165, 1.54) is 12.8 Å². The van der Waals surface area contributed by atoms with Crippen molar-refractivity contribution in [1.82, 2.24) is 15.3 Å². The summed E-state index contributed by atoms with van der Waals surface area (Å²) in [6.45, 7) is 2.30. The highest BCUT2D eigenvalue weighted by Crippen LogP contribution is 2.25. The molecule has 3 rings (SSSR count). The molecule has 1 saturated heterocycles. The van der Waals surface area contributed by atoms with Gasteiger partial charge in [-0.15, -0.1) is 0 Å². The van der Waals surface area contributed by atoms with Crippen molar-refractivity contribution in [1.29, 1.82) is 0 Å². The predicted molar refractivity (Wildman–Crippen MR) is 75.4 cm³/mol. The van der Waals surface area contributed by atoms with Crippen molar-refractivity contribution in [2.24, 2.45) is 5.92 Å². The second-order valence-corrected chi connectivity index (χ2v) is 5.09. The van der Waals surface area contributed by atoms with Crippen LogP contribution in [0.15, 0.2) is 24.4 Å². The number of hydrogen-bond donors (Lipinski definition) is 1. The number of hydrogen-bond acceptors (Lipinski definition) is 4. The molecule has 1 atom stereocenters. The molecule has 0 aliphatic carbocycles. The summed E-state index contributed by atoms with van der Waals surface area (Å²) in [5, 5.41) is 4.39. The number of nitrogens with one attached hydrogen (secondary N) is 1. The number of nitrogens with zero attached hydrogens (tertiary/aromatic N) is 2. The topological polar surface area (TPSA) is 47.0 Å². The van der Waals surface area contributed by atoms with Crippen LogP contribution in [0.25, 0.3) is 11.0 Å². The van der Waals surface area contributed by atoms with Crippen molar-refractivity contribution in [3.05, 3.63) is 30.1 Å². The van der Waals surface area contributed by atoms with Crippen molar-refractivity contribution < 1.29 is 4.74 Å². The number of rotatable bonds is 4. The second-order valence-electron chi connectivity index (χ2n) is 5.09. The van der Waals surface area contributed by atoms with Gasteiger partial charge in [0.25, 0.3) is 0 Å². The Bertz CT molecular complexity index is 564. The summed E-state index contributed by atoms with van der Waals surface area (Å²) < 4.78 is 5.45. The molecule has 0 spiro atoms. The lowest BCUT2D eigenvalue weighted by molar-refractivity contribution is 0.418. The summed E-state index contributed by atoms with van der Waals surface area (Å²) in [5.74, 6) is 1.66. The lowest BCUT2D eigenvalue weighted by Gasteiger charge is -2.10. The number of methoxy groups -OCH3 is 1. The lowest BCUT2D eigenvalue weighted by Crippen LogP contribution is -2.09. The van der Waals surface area contributed by atoms with Gasteiger partial charge >= 0.3 is 0 Å². The quantitative estimate of drug-likeness (QED) is 0.912. The summed E-state index contributed by atoms with van der Waals surface area (Å²) in [5.41, 5.74) is 1.86. The minimum atomic E-state index is 0.779. The van der Waals surface area contributed by atoms with E-state index in [0.717, 1.165) is 47.9 Å². The fraction of sp³-hybridized carbons (Fsp3) is 0.467. The van der Waals surface area contributed by atoms with Crippen LogP contribution in [0.2, 0.25) is 0 Å². The van der Waals surface area contributed by atoms with E-state index in [4.69, 9.17) is 4.74 Å². The highest BCUT2D eigenvalue weighted by Gasteiger charge is 2.15. The first-order chi connectivity index (χ1) is 9.36. The van der Waals surface area contributed by atoms with Gasteiger partial charge in [0.2, 0.25) is 0 Å². The zero-order valence-electron chi connectivity index (χ0n) is 11.2. The van der Waals surface area contributed by atoms with Gasteiger partial charge in [-0.2, -0.15) is 0 Å². The van der Waals surface area contributed by atoms with Crippen LogP contribution >= 0.6 is 0 Å². The van der Waals surface area contributed by atoms with Gasteiger partial charge in [-0.1, -0.05) is 0 Å². The summed E-state index contributed by atoms with van der Waals surface area (Å²) in [7, 11) is 1.70. The third-order valence-corrected chi connectivity index (χ3v) is 3.79. The molecule has 1 unspecified atom stereocenters. The Morgan fingerprint density at radius 1 is 1.47 bits per heavy atom. The Balaban J connectivity index is 1.82. The van der Waals surface area contributed by atoms with Gasteiger partial charge in [0, 0.05) is 18.0 Å². The molecule has 1 aliphatic heterocycles. The molecule has 2 aromatic heterocycles. The van der Waals surface area contributed by atoms with Crippen LogP contribution in [0.3, 0.4) is 0 Å². The Hall–Kier alpha value is -1.68. The Morgan fingerprint density at radius 2 is 2.42 bits per heavy atom. The van der Waals surface area contributed by atoms with E-state index in [0.29, 0.717) is 0 Å². The first kappa shape index (κ1) is 12.4. The van der Waals surface area contributed by atoms with Crippen LogP contribution in [-0.4, -0.2) is 30.2 Å². The van der Waals surface area contributed by atoms with Crippen LogP contribution in [-0.2, 0) is 6.42 Å². The van der Waals surface area contributed by atoms with Gasteiger partial charge < -0.3 is 10.1 Å². The van der Waals surface area contributed by atoms with Crippen LogP contribution < -0.4 is 10.1 Å². The SMILES string of the molecule is COc1cc(CCC2CCNC2)nc2ncccc12. The maximum atomic E-state index is 5.45. The number of pyridine rings is 2. The van der Waals surface area contributed by atoms with Gasteiger partial charge in [-0.25, -0.2) is 9.97 Å². The molecule has 0 amide bonds. The van der Waals surface area contributed by atoms with E-state index in [1.807, 2.05) is 18.2 Å². The summed E-state index contributed by atoms with van der Waals surface area (Å²) in [4.78, 5) is 8.96. The molecule has 19 heavy (non-hydrogen) atoms. The Kier molecular flexibility index (Phi) is 3.60. The van der Waals surface area contributed by atoms with Crippen molar-refractivity contribution in [2.75, 3.05) is 20.2 Å². The number of fused-ring (bicyclic) bond motifs is 1. The lowest BCUT2D eigenvalue weighted by atomic mass is 10.0. The summed E-state index contributed by atoms with van der Waals surface area (Å²) in [6.07, 6.45) is 5.24. The van der Waals surface area contributed by atoms with Gasteiger partial charge in [0.1, 0.15) is 5.75 Å². The molecular formula is C15H19N3O. The van der Waals surface area contributed by atoms with Crippen LogP contribution in [0, 0.1) is 5.92 Å². The highest BCUT2D eigenvalue weighted by atomic mass is 16.5. The maximum absolute atomic E-state index is 5.45. The van der Waals surface area contributed by atoms with Gasteiger partial charge in [0.15, 0.2) is 5.65 Å². The molecule has 100 valence electrons. The monoisotopic (exact) mass is 257 g/mol. The zero-order valence-corrected chi connectivity index (χ0v) is 11.2. The van der Waals surface area contributed by atoms with E-state index in [2.05, 4.69) is 15.3 Å². The summed E-state index contributed by atoms with van der Waals surface area (Å²) in [6, 6.07) is 5.96. The Labute approximate surface area is 113 Å². The number of aryl methyl sites for hydroxylation is 1. The minimum absolute atomic E-state index is 0.779. The number of aromatic nitrogens is 2. The largest absolute Gasteiger partial charge is 0.496 e. The first-order valence-corrected chi connectivity index (χ1v) is 6.86. The van der Waals surface area contributed by atoms with Gasteiger partial charge in [-0.3, -0.25) is 0 Å². The molecular weight excluding hydrogens is 238 g/mol.